The van der Waals surface area contributed by atoms with Crippen molar-refractivity contribution in [2.24, 2.45) is 0 Å². The molecule has 0 amide bonds. The highest BCUT2D eigenvalue weighted by atomic mass is 79.9. The maximum Gasteiger partial charge on any atom is 0.238 e. The van der Waals surface area contributed by atoms with E-state index in [2.05, 4.69) is 61.0 Å². The Hall–Kier alpha value is -0.980. The molecule has 0 aliphatic rings. The van der Waals surface area contributed by atoms with Gasteiger partial charge in [0.05, 0.1) is 16.4 Å². The maximum atomic E-state index is 5.74. The molecule has 2 aromatic rings. The topological polar surface area (TPSA) is 47.0 Å². The van der Waals surface area contributed by atoms with Crippen molar-refractivity contribution in [1.82, 2.24) is 15.3 Å². The van der Waals surface area contributed by atoms with Crippen molar-refractivity contribution in [1.29, 1.82) is 0 Å². The second-order valence-electron chi connectivity index (χ2n) is 4.56. The zero-order valence-corrected chi connectivity index (χ0v) is 14.4. The van der Waals surface area contributed by atoms with E-state index < -0.39 is 0 Å². The smallest absolute Gasteiger partial charge is 0.238 e. The lowest BCUT2D eigenvalue weighted by molar-refractivity contribution is 0.452. The average Bonchev–Trinajstić information content (AvgIpc) is 2.40. The fourth-order valence-corrected chi connectivity index (χ4v) is 2.63. The number of rotatable bonds is 5. The number of aromatic nitrogens is 2. The number of ether oxygens (including phenoxy) is 1. The summed E-state index contributed by atoms with van der Waals surface area (Å²) in [6.07, 6.45) is 3.34. The quantitative estimate of drug-likeness (QED) is 0.812. The predicted molar refractivity (Wildman–Crippen MR) is 85.9 cm³/mol. The average molecular weight is 401 g/mol. The molecule has 4 nitrogen and oxygen atoms in total. The zero-order valence-electron chi connectivity index (χ0n) is 11.2. The van der Waals surface area contributed by atoms with E-state index >= 15 is 0 Å². The maximum absolute atomic E-state index is 5.74. The number of halogens is 2. The Morgan fingerprint density at radius 1 is 1.25 bits per heavy atom. The van der Waals surface area contributed by atoms with Gasteiger partial charge in [0, 0.05) is 23.3 Å². The summed E-state index contributed by atoms with van der Waals surface area (Å²) in [6.45, 7) is 4.85. The highest BCUT2D eigenvalue weighted by Gasteiger charge is 2.06. The SMILES string of the molecule is CC(C)NCc1cncc(Oc2ccc(Br)cc2Br)n1. The Morgan fingerprint density at radius 2 is 2.05 bits per heavy atom. The van der Waals surface area contributed by atoms with Crippen molar-refractivity contribution in [3.8, 4) is 11.6 Å². The van der Waals surface area contributed by atoms with E-state index in [4.69, 9.17) is 4.74 Å². The van der Waals surface area contributed by atoms with E-state index in [1.54, 1.807) is 12.4 Å². The fourth-order valence-electron chi connectivity index (χ4n) is 1.50. The standard InChI is InChI=1S/C14H15Br2N3O/c1-9(2)18-7-11-6-17-8-14(19-11)20-13-4-3-10(15)5-12(13)16/h3-6,8-9,18H,7H2,1-2H3. The Kier molecular flexibility index (Phi) is 5.51. The third kappa shape index (κ3) is 4.54. The summed E-state index contributed by atoms with van der Waals surface area (Å²) in [4.78, 5) is 8.58. The summed E-state index contributed by atoms with van der Waals surface area (Å²) in [6, 6.07) is 6.11. The summed E-state index contributed by atoms with van der Waals surface area (Å²) < 4.78 is 7.59. The molecule has 0 aliphatic carbocycles. The lowest BCUT2D eigenvalue weighted by Crippen LogP contribution is -2.22. The summed E-state index contributed by atoms with van der Waals surface area (Å²) in [5, 5.41) is 3.30. The van der Waals surface area contributed by atoms with Crippen LogP contribution in [0.2, 0.25) is 0 Å². The van der Waals surface area contributed by atoms with Crippen LogP contribution in [0.25, 0.3) is 0 Å². The van der Waals surface area contributed by atoms with Crippen LogP contribution in [0.5, 0.6) is 11.6 Å². The molecule has 0 saturated heterocycles. The van der Waals surface area contributed by atoms with Crippen LogP contribution in [0, 0.1) is 0 Å². The highest BCUT2D eigenvalue weighted by Crippen LogP contribution is 2.31. The molecule has 6 heteroatoms. The van der Waals surface area contributed by atoms with Crippen molar-refractivity contribution in [2.45, 2.75) is 26.4 Å². The van der Waals surface area contributed by atoms with Gasteiger partial charge < -0.3 is 10.1 Å². The molecule has 0 atom stereocenters. The summed E-state index contributed by atoms with van der Waals surface area (Å²) in [5.74, 6) is 1.19. The first-order valence-corrected chi connectivity index (χ1v) is 7.80. The van der Waals surface area contributed by atoms with E-state index in [0.29, 0.717) is 24.2 Å². The molecule has 1 heterocycles. The van der Waals surface area contributed by atoms with E-state index in [0.717, 1.165) is 14.6 Å². The number of hydrogen-bond acceptors (Lipinski definition) is 4. The van der Waals surface area contributed by atoms with Crippen molar-refractivity contribution < 1.29 is 4.74 Å². The first-order valence-electron chi connectivity index (χ1n) is 6.22. The third-order valence-electron chi connectivity index (χ3n) is 2.46. The van der Waals surface area contributed by atoms with Crippen LogP contribution < -0.4 is 10.1 Å². The van der Waals surface area contributed by atoms with Crippen molar-refractivity contribution >= 4 is 31.9 Å². The molecule has 20 heavy (non-hydrogen) atoms. The molecule has 2 rings (SSSR count). The van der Waals surface area contributed by atoms with Gasteiger partial charge in [0.2, 0.25) is 5.88 Å². The predicted octanol–water partition coefficient (Wildman–Crippen LogP) is 4.29. The summed E-state index contributed by atoms with van der Waals surface area (Å²) in [7, 11) is 0. The van der Waals surface area contributed by atoms with Crippen LogP contribution in [0.15, 0.2) is 39.5 Å². The fraction of sp³-hybridized carbons (Fsp3) is 0.286. The molecule has 1 aromatic heterocycles. The van der Waals surface area contributed by atoms with Gasteiger partial charge in [-0.15, -0.1) is 0 Å². The third-order valence-corrected chi connectivity index (χ3v) is 3.58. The number of hydrogen-bond donors (Lipinski definition) is 1. The molecule has 1 aromatic carbocycles. The van der Waals surface area contributed by atoms with Gasteiger partial charge in [-0.2, -0.15) is 0 Å². The van der Waals surface area contributed by atoms with Gasteiger partial charge in [-0.25, -0.2) is 4.98 Å². The normalized spacial score (nSPS) is 10.8. The van der Waals surface area contributed by atoms with Gasteiger partial charge in [-0.1, -0.05) is 29.8 Å². The van der Waals surface area contributed by atoms with Crippen molar-refractivity contribution in [2.75, 3.05) is 0 Å². The van der Waals surface area contributed by atoms with Gasteiger partial charge in [0.1, 0.15) is 5.75 Å². The van der Waals surface area contributed by atoms with E-state index in [1.165, 1.54) is 0 Å². The lowest BCUT2D eigenvalue weighted by Gasteiger charge is -2.10. The Balaban J connectivity index is 2.11. The molecule has 1 N–H and O–H groups in total. The van der Waals surface area contributed by atoms with Gasteiger partial charge in [-0.3, -0.25) is 4.98 Å². The zero-order chi connectivity index (χ0) is 14.5. The van der Waals surface area contributed by atoms with Gasteiger partial charge in [0.25, 0.3) is 0 Å². The molecule has 0 bridgehead atoms. The largest absolute Gasteiger partial charge is 0.436 e. The van der Waals surface area contributed by atoms with Crippen molar-refractivity contribution in [3.63, 3.8) is 0 Å². The molecular weight excluding hydrogens is 386 g/mol. The monoisotopic (exact) mass is 399 g/mol. The van der Waals surface area contributed by atoms with Gasteiger partial charge in [0.15, 0.2) is 0 Å². The molecule has 0 fully saturated rings. The first-order chi connectivity index (χ1) is 9.54. The van der Waals surface area contributed by atoms with Crippen molar-refractivity contribution in [3.05, 3.63) is 45.2 Å². The first kappa shape index (κ1) is 15.4. The van der Waals surface area contributed by atoms with Crippen LogP contribution in [0.1, 0.15) is 19.5 Å². The molecule has 0 aliphatic heterocycles. The second-order valence-corrected chi connectivity index (χ2v) is 6.33. The van der Waals surface area contributed by atoms with Gasteiger partial charge in [-0.05, 0) is 34.1 Å². The van der Waals surface area contributed by atoms with E-state index in [9.17, 15) is 0 Å². The van der Waals surface area contributed by atoms with Crippen LogP contribution in [-0.4, -0.2) is 16.0 Å². The van der Waals surface area contributed by atoms with E-state index in [-0.39, 0.29) is 0 Å². The Bertz CT molecular complexity index is 590. The number of benzene rings is 1. The minimum Gasteiger partial charge on any atom is -0.436 e. The van der Waals surface area contributed by atoms with Crippen LogP contribution in [0.4, 0.5) is 0 Å². The Morgan fingerprint density at radius 3 is 2.75 bits per heavy atom. The minimum absolute atomic E-state index is 0.405. The molecule has 106 valence electrons. The number of nitrogens with zero attached hydrogens (tertiary/aromatic N) is 2. The minimum atomic E-state index is 0.405. The van der Waals surface area contributed by atoms with Crippen LogP contribution in [-0.2, 0) is 6.54 Å². The van der Waals surface area contributed by atoms with Crippen LogP contribution >= 0.6 is 31.9 Å². The lowest BCUT2D eigenvalue weighted by atomic mass is 10.3. The molecule has 0 unspecified atom stereocenters. The highest BCUT2D eigenvalue weighted by molar-refractivity contribution is 9.11. The second kappa shape index (κ2) is 7.15. The molecule has 0 spiro atoms. The molecule has 0 saturated carbocycles. The summed E-state index contributed by atoms with van der Waals surface area (Å²) in [5.41, 5.74) is 0.851. The Labute approximate surface area is 135 Å². The molecular formula is C14H15Br2N3O. The van der Waals surface area contributed by atoms with Crippen LogP contribution in [0.3, 0.4) is 0 Å². The number of nitrogens with one attached hydrogen (secondary N) is 1. The molecule has 0 radical (unpaired) electrons. The summed E-state index contributed by atoms with van der Waals surface area (Å²) >= 11 is 6.86. The van der Waals surface area contributed by atoms with Gasteiger partial charge >= 0.3 is 0 Å². The van der Waals surface area contributed by atoms with E-state index in [1.807, 2.05) is 18.2 Å².